The number of para-hydroxylation sites is 2. The Bertz CT molecular complexity index is 711. The van der Waals surface area contributed by atoms with Crippen molar-refractivity contribution in [3.05, 3.63) is 59.7 Å². The first kappa shape index (κ1) is 19.6. The van der Waals surface area contributed by atoms with Crippen LogP contribution in [0.3, 0.4) is 0 Å². The molecule has 0 bridgehead atoms. The minimum Gasteiger partial charge on any atom is -0.508 e. The smallest absolute Gasteiger partial charge is 0.164 e. The SMILES string of the molecule is CC1(C)O[C@@H]([C@@H](O)Cc2ccccc2O)[C@H]([C@@H](O)Cc2ccccc2O)O1. The average molecular weight is 374 g/mol. The lowest BCUT2D eigenvalue weighted by atomic mass is 9.94. The van der Waals surface area contributed by atoms with Gasteiger partial charge in [0.2, 0.25) is 0 Å². The number of hydrogen-bond donors (Lipinski definition) is 4. The van der Waals surface area contributed by atoms with Gasteiger partial charge in [0.25, 0.3) is 0 Å². The van der Waals surface area contributed by atoms with Crippen LogP contribution in [0.5, 0.6) is 11.5 Å². The Morgan fingerprint density at radius 1 is 0.778 bits per heavy atom. The summed E-state index contributed by atoms with van der Waals surface area (Å²) in [6.07, 6.45) is -3.19. The molecule has 1 fully saturated rings. The third-order valence-corrected chi connectivity index (χ3v) is 4.76. The van der Waals surface area contributed by atoms with E-state index in [2.05, 4.69) is 0 Å². The van der Waals surface area contributed by atoms with Gasteiger partial charge in [0, 0.05) is 12.8 Å². The van der Waals surface area contributed by atoms with Gasteiger partial charge >= 0.3 is 0 Å². The van der Waals surface area contributed by atoms with Crippen LogP contribution in [0.2, 0.25) is 0 Å². The van der Waals surface area contributed by atoms with Crippen molar-refractivity contribution in [2.45, 2.75) is 56.9 Å². The molecular formula is C21H26O6. The van der Waals surface area contributed by atoms with Crippen LogP contribution in [0.4, 0.5) is 0 Å². The predicted octanol–water partition coefficient (Wildman–Crippen LogP) is 2.12. The maximum Gasteiger partial charge on any atom is 0.164 e. The number of aliphatic hydroxyl groups is 2. The van der Waals surface area contributed by atoms with Crippen molar-refractivity contribution in [3.63, 3.8) is 0 Å². The molecule has 0 amide bonds. The molecule has 1 aliphatic heterocycles. The molecule has 1 heterocycles. The lowest BCUT2D eigenvalue weighted by molar-refractivity contribution is -0.160. The van der Waals surface area contributed by atoms with Gasteiger partial charge in [-0.3, -0.25) is 0 Å². The molecule has 2 aromatic carbocycles. The Kier molecular flexibility index (Phi) is 5.72. The quantitative estimate of drug-likeness (QED) is 0.618. The highest BCUT2D eigenvalue weighted by molar-refractivity contribution is 5.33. The Labute approximate surface area is 158 Å². The third kappa shape index (κ3) is 4.59. The number of ether oxygens (including phenoxy) is 2. The van der Waals surface area contributed by atoms with Crippen LogP contribution in [0, 0.1) is 0 Å². The van der Waals surface area contributed by atoms with E-state index in [9.17, 15) is 20.4 Å². The molecule has 4 N–H and O–H groups in total. The molecule has 0 saturated carbocycles. The van der Waals surface area contributed by atoms with Crippen molar-refractivity contribution >= 4 is 0 Å². The molecular weight excluding hydrogens is 348 g/mol. The van der Waals surface area contributed by atoms with Crippen LogP contribution < -0.4 is 0 Å². The van der Waals surface area contributed by atoms with Crippen LogP contribution in [0.25, 0.3) is 0 Å². The van der Waals surface area contributed by atoms with Gasteiger partial charge in [0.15, 0.2) is 5.79 Å². The average Bonchev–Trinajstić information content (AvgIpc) is 2.95. The van der Waals surface area contributed by atoms with Crippen molar-refractivity contribution in [1.82, 2.24) is 0 Å². The van der Waals surface area contributed by atoms with Gasteiger partial charge < -0.3 is 29.9 Å². The topological polar surface area (TPSA) is 99.4 Å². The Morgan fingerprint density at radius 2 is 1.15 bits per heavy atom. The largest absolute Gasteiger partial charge is 0.508 e. The van der Waals surface area contributed by atoms with Gasteiger partial charge in [-0.15, -0.1) is 0 Å². The summed E-state index contributed by atoms with van der Waals surface area (Å²) in [4.78, 5) is 0. The summed E-state index contributed by atoms with van der Waals surface area (Å²) in [5.41, 5.74) is 1.18. The normalized spacial score (nSPS) is 23.9. The fourth-order valence-electron chi connectivity index (χ4n) is 3.46. The van der Waals surface area contributed by atoms with Crippen LogP contribution in [-0.4, -0.2) is 50.6 Å². The van der Waals surface area contributed by atoms with Crippen molar-refractivity contribution in [1.29, 1.82) is 0 Å². The number of aliphatic hydroxyl groups excluding tert-OH is 2. The van der Waals surface area contributed by atoms with E-state index in [4.69, 9.17) is 9.47 Å². The minimum atomic E-state index is -0.982. The Balaban J connectivity index is 1.76. The van der Waals surface area contributed by atoms with E-state index in [1.54, 1.807) is 62.4 Å². The number of phenolic OH excluding ortho intramolecular Hbond substituents is 2. The summed E-state index contributed by atoms with van der Waals surface area (Å²) in [6.45, 7) is 3.44. The van der Waals surface area contributed by atoms with Crippen LogP contribution in [0.1, 0.15) is 25.0 Å². The molecule has 1 saturated heterocycles. The molecule has 4 atom stereocenters. The van der Waals surface area contributed by atoms with Crippen molar-refractivity contribution in [2.24, 2.45) is 0 Å². The maximum absolute atomic E-state index is 10.7. The summed E-state index contributed by atoms with van der Waals surface area (Å²) in [7, 11) is 0. The highest BCUT2D eigenvalue weighted by Gasteiger charge is 2.47. The first-order valence-electron chi connectivity index (χ1n) is 9.02. The molecule has 0 spiro atoms. The van der Waals surface area contributed by atoms with E-state index in [-0.39, 0.29) is 24.3 Å². The van der Waals surface area contributed by atoms with E-state index < -0.39 is 30.2 Å². The van der Waals surface area contributed by atoms with Gasteiger partial charge in [-0.1, -0.05) is 36.4 Å². The van der Waals surface area contributed by atoms with Crippen molar-refractivity contribution < 1.29 is 29.9 Å². The molecule has 6 nitrogen and oxygen atoms in total. The second kappa shape index (κ2) is 7.86. The number of phenols is 2. The number of benzene rings is 2. The van der Waals surface area contributed by atoms with Crippen molar-refractivity contribution in [3.8, 4) is 11.5 Å². The molecule has 3 rings (SSSR count). The summed E-state index contributed by atoms with van der Waals surface area (Å²) < 4.78 is 11.7. The first-order valence-corrected chi connectivity index (χ1v) is 9.02. The van der Waals surface area contributed by atoms with E-state index in [1.807, 2.05) is 0 Å². The standard InChI is InChI=1S/C21H26O6/c1-21(2)26-19(17(24)11-13-7-3-5-9-15(13)22)20(27-21)18(25)12-14-8-4-6-10-16(14)23/h3-10,17-20,22-25H,11-12H2,1-2H3/t17-,18-,19-,20-/m0/s1. The molecule has 27 heavy (non-hydrogen) atoms. The van der Waals surface area contributed by atoms with Crippen LogP contribution >= 0.6 is 0 Å². The highest BCUT2D eigenvalue weighted by Crippen LogP contribution is 2.34. The monoisotopic (exact) mass is 374 g/mol. The van der Waals surface area contributed by atoms with Crippen LogP contribution in [-0.2, 0) is 22.3 Å². The lowest BCUT2D eigenvalue weighted by Gasteiger charge is -2.26. The summed E-state index contributed by atoms with van der Waals surface area (Å²) >= 11 is 0. The molecule has 2 aromatic rings. The van der Waals surface area contributed by atoms with E-state index in [0.29, 0.717) is 11.1 Å². The zero-order valence-electron chi connectivity index (χ0n) is 15.4. The second-order valence-corrected chi connectivity index (χ2v) is 7.37. The third-order valence-electron chi connectivity index (χ3n) is 4.76. The molecule has 0 aliphatic carbocycles. The number of hydrogen-bond acceptors (Lipinski definition) is 6. The van der Waals surface area contributed by atoms with E-state index in [1.165, 1.54) is 0 Å². The van der Waals surface area contributed by atoms with Gasteiger partial charge in [-0.05, 0) is 37.1 Å². The van der Waals surface area contributed by atoms with Gasteiger partial charge in [0.05, 0.1) is 12.2 Å². The molecule has 0 unspecified atom stereocenters. The highest BCUT2D eigenvalue weighted by atomic mass is 16.8. The zero-order chi connectivity index (χ0) is 19.6. The van der Waals surface area contributed by atoms with Crippen LogP contribution in [0.15, 0.2) is 48.5 Å². The van der Waals surface area contributed by atoms with Gasteiger partial charge in [-0.25, -0.2) is 0 Å². The number of aromatic hydroxyl groups is 2. The second-order valence-electron chi connectivity index (χ2n) is 7.37. The zero-order valence-corrected chi connectivity index (χ0v) is 15.4. The maximum atomic E-state index is 10.7. The summed E-state index contributed by atoms with van der Waals surface area (Å²) in [5, 5.41) is 41.3. The summed E-state index contributed by atoms with van der Waals surface area (Å²) in [6, 6.07) is 13.6. The lowest BCUT2D eigenvalue weighted by Crippen LogP contribution is -2.44. The van der Waals surface area contributed by atoms with E-state index >= 15 is 0 Å². The predicted molar refractivity (Wildman–Crippen MR) is 99.5 cm³/mol. The van der Waals surface area contributed by atoms with Crippen molar-refractivity contribution in [2.75, 3.05) is 0 Å². The molecule has 0 aromatic heterocycles. The first-order chi connectivity index (χ1) is 12.8. The fraction of sp³-hybridized carbons (Fsp3) is 0.429. The fourth-order valence-corrected chi connectivity index (χ4v) is 3.46. The molecule has 1 aliphatic rings. The molecule has 0 radical (unpaired) electrons. The molecule has 146 valence electrons. The summed E-state index contributed by atoms with van der Waals surface area (Å²) in [5.74, 6) is -0.767. The van der Waals surface area contributed by atoms with Gasteiger partial charge in [0.1, 0.15) is 23.7 Å². The number of rotatable bonds is 6. The van der Waals surface area contributed by atoms with E-state index in [0.717, 1.165) is 0 Å². The Morgan fingerprint density at radius 3 is 1.52 bits per heavy atom. The minimum absolute atomic E-state index is 0.0982. The molecule has 6 heteroatoms. The van der Waals surface area contributed by atoms with Gasteiger partial charge in [-0.2, -0.15) is 0 Å². The Hall–Kier alpha value is -2.12.